The van der Waals surface area contributed by atoms with E-state index in [2.05, 4.69) is 35.3 Å². The van der Waals surface area contributed by atoms with E-state index < -0.39 is 0 Å². The topological polar surface area (TPSA) is 8.81 Å². The summed E-state index contributed by atoms with van der Waals surface area (Å²) in [5, 5.41) is 0. The van der Waals surface area contributed by atoms with Gasteiger partial charge in [-0.1, -0.05) is 12.2 Å². The van der Waals surface area contributed by atoms with Crippen LogP contribution in [-0.2, 0) is 7.05 Å². The molecule has 0 bridgehead atoms. The molecule has 1 heterocycles. The first kappa shape index (κ1) is 6.40. The van der Waals surface area contributed by atoms with E-state index in [1.54, 1.807) is 0 Å². The van der Waals surface area contributed by atoms with Crippen molar-refractivity contribution in [3.63, 3.8) is 0 Å². The monoisotopic (exact) mass is 147 g/mol. The first-order valence-electron chi connectivity index (χ1n) is 3.75. The van der Waals surface area contributed by atoms with Crippen LogP contribution < -0.4 is 4.57 Å². The van der Waals surface area contributed by atoms with Gasteiger partial charge in [0.15, 0.2) is 0 Å². The van der Waals surface area contributed by atoms with Gasteiger partial charge in [0.25, 0.3) is 0 Å². The second-order valence-electron chi connectivity index (χ2n) is 2.78. The summed E-state index contributed by atoms with van der Waals surface area (Å²) in [6.45, 7) is 0. The van der Waals surface area contributed by atoms with Crippen molar-refractivity contribution in [1.82, 2.24) is 4.57 Å². The summed E-state index contributed by atoms with van der Waals surface area (Å²) < 4.78 is 4.18. The van der Waals surface area contributed by atoms with Gasteiger partial charge in [0.05, 0.1) is 7.05 Å². The van der Waals surface area contributed by atoms with Gasteiger partial charge >= 0.3 is 0 Å². The molecular weight excluding hydrogens is 136 g/mol. The molecule has 0 radical (unpaired) electrons. The predicted molar refractivity (Wildman–Crippen MR) is 43.6 cm³/mol. The lowest BCUT2D eigenvalue weighted by Gasteiger charge is -1.91. The summed E-state index contributed by atoms with van der Waals surface area (Å²) in [6.07, 6.45) is 13.6. The Kier molecular flexibility index (Phi) is 1.39. The Bertz CT molecular complexity index is 318. The zero-order valence-electron chi connectivity index (χ0n) is 6.57. The fraction of sp³-hybridized carbons (Fsp3) is 0.222. The molecule has 0 fully saturated rings. The number of aryl methyl sites for hydroxylation is 1. The standard InChI is InChI=1S/C9H11N2/c1-10-6-7-11(8-10)9-4-2-3-5-9/h2-4,6-8H,5H2,1H3/q+1. The highest BCUT2D eigenvalue weighted by Crippen LogP contribution is 2.14. The number of rotatable bonds is 1. The maximum absolute atomic E-state index is 2.16. The third-order valence-electron chi connectivity index (χ3n) is 1.85. The predicted octanol–water partition coefficient (Wildman–Crippen LogP) is 1.11. The van der Waals surface area contributed by atoms with Crippen molar-refractivity contribution in [2.75, 3.05) is 0 Å². The summed E-state index contributed by atoms with van der Waals surface area (Å²) in [5.41, 5.74) is 1.34. The number of hydrogen-bond donors (Lipinski definition) is 0. The van der Waals surface area contributed by atoms with Crippen molar-refractivity contribution >= 4 is 5.70 Å². The maximum atomic E-state index is 2.16. The Hall–Kier alpha value is -1.31. The molecule has 2 heteroatoms. The van der Waals surface area contributed by atoms with Crippen molar-refractivity contribution in [3.8, 4) is 0 Å². The van der Waals surface area contributed by atoms with Crippen molar-refractivity contribution < 1.29 is 4.57 Å². The molecule has 11 heavy (non-hydrogen) atoms. The van der Waals surface area contributed by atoms with E-state index in [4.69, 9.17) is 0 Å². The molecule has 0 unspecified atom stereocenters. The molecule has 1 aromatic rings. The fourth-order valence-corrected chi connectivity index (χ4v) is 1.25. The van der Waals surface area contributed by atoms with Crippen LogP contribution in [0.25, 0.3) is 5.70 Å². The number of nitrogens with zero attached hydrogens (tertiary/aromatic N) is 2. The van der Waals surface area contributed by atoms with Crippen molar-refractivity contribution in [1.29, 1.82) is 0 Å². The average Bonchev–Trinajstić information content (AvgIpc) is 2.55. The molecule has 0 N–H and O–H groups in total. The number of aromatic nitrogens is 2. The summed E-state index contributed by atoms with van der Waals surface area (Å²) in [4.78, 5) is 0. The van der Waals surface area contributed by atoms with Gasteiger partial charge in [0.2, 0.25) is 6.33 Å². The number of hydrogen-bond acceptors (Lipinski definition) is 0. The van der Waals surface area contributed by atoms with Gasteiger partial charge in [-0.05, 0) is 6.08 Å². The van der Waals surface area contributed by atoms with Crippen LogP contribution in [0.3, 0.4) is 0 Å². The minimum atomic E-state index is 1.05. The normalized spacial score (nSPS) is 15.5. The molecule has 1 aliphatic rings. The van der Waals surface area contributed by atoms with E-state index >= 15 is 0 Å². The van der Waals surface area contributed by atoms with Crippen LogP contribution in [0.15, 0.2) is 36.9 Å². The molecule has 0 aromatic carbocycles. The van der Waals surface area contributed by atoms with E-state index in [1.165, 1.54) is 5.70 Å². The second-order valence-corrected chi connectivity index (χ2v) is 2.78. The van der Waals surface area contributed by atoms with Crippen LogP contribution in [0.4, 0.5) is 0 Å². The lowest BCUT2D eigenvalue weighted by molar-refractivity contribution is -0.670. The maximum Gasteiger partial charge on any atom is 0.248 e. The van der Waals surface area contributed by atoms with Crippen molar-refractivity contribution in [2.24, 2.45) is 7.05 Å². The largest absolute Gasteiger partial charge is 0.248 e. The zero-order valence-corrected chi connectivity index (χ0v) is 6.57. The van der Waals surface area contributed by atoms with Crippen molar-refractivity contribution in [3.05, 3.63) is 36.9 Å². The minimum Gasteiger partial charge on any atom is -0.239 e. The highest BCUT2D eigenvalue weighted by molar-refractivity contribution is 5.53. The van der Waals surface area contributed by atoms with Crippen LogP contribution >= 0.6 is 0 Å². The minimum absolute atomic E-state index is 1.05. The Morgan fingerprint density at radius 1 is 1.55 bits per heavy atom. The first-order chi connectivity index (χ1) is 5.36. The van der Waals surface area contributed by atoms with E-state index in [1.807, 2.05) is 17.8 Å². The Morgan fingerprint density at radius 3 is 3.00 bits per heavy atom. The molecule has 2 rings (SSSR count). The van der Waals surface area contributed by atoms with E-state index in [0.717, 1.165) is 6.42 Å². The zero-order chi connectivity index (χ0) is 7.68. The van der Waals surface area contributed by atoms with Gasteiger partial charge in [-0.2, -0.15) is 0 Å². The van der Waals surface area contributed by atoms with Crippen LogP contribution in [0.1, 0.15) is 6.42 Å². The first-order valence-corrected chi connectivity index (χ1v) is 3.75. The highest BCUT2D eigenvalue weighted by Gasteiger charge is 2.07. The summed E-state index contributed by atoms with van der Waals surface area (Å²) in [7, 11) is 2.03. The molecule has 2 nitrogen and oxygen atoms in total. The molecule has 1 aromatic heterocycles. The molecule has 0 saturated carbocycles. The quantitative estimate of drug-likeness (QED) is 0.526. The second kappa shape index (κ2) is 2.38. The number of imidazole rings is 1. The molecule has 0 saturated heterocycles. The SMILES string of the molecule is C[n+]1ccn(C2=CC=CC2)c1. The summed E-state index contributed by atoms with van der Waals surface area (Å²) >= 11 is 0. The van der Waals surface area contributed by atoms with Crippen LogP contribution in [0, 0.1) is 0 Å². The average molecular weight is 147 g/mol. The molecule has 0 amide bonds. The third kappa shape index (κ3) is 1.11. The smallest absolute Gasteiger partial charge is 0.239 e. The van der Waals surface area contributed by atoms with Crippen LogP contribution in [-0.4, -0.2) is 4.57 Å². The molecule has 0 aliphatic heterocycles. The van der Waals surface area contributed by atoms with Gasteiger partial charge in [0.1, 0.15) is 18.1 Å². The Morgan fingerprint density at radius 2 is 2.45 bits per heavy atom. The van der Waals surface area contributed by atoms with E-state index in [-0.39, 0.29) is 0 Å². The third-order valence-corrected chi connectivity index (χ3v) is 1.85. The van der Waals surface area contributed by atoms with E-state index in [0.29, 0.717) is 0 Å². The highest BCUT2D eigenvalue weighted by atomic mass is 15.1. The molecule has 1 aliphatic carbocycles. The van der Waals surface area contributed by atoms with Gasteiger partial charge in [0, 0.05) is 6.42 Å². The van der Waals surface area contributed by atoms with Gasteiger partial charge in [-0.15, -0.1) is 0 Å². The molecule has 0 spiro atoms. The lowest BCUT2D eigenvalue weighted by Crippen LogP contribution is -2.23. The fourth-order valence-electron chi connectivity index (χ4n) is 1.25. The molecule has 0 atom stereocenters. The van der Waals surface area contributed by atoms with Gasteiger partial charge < -0.3 is 0 Å². The van der Waals surface area contributed by atoms with Gasteiger partial charge in [-0.3, -0.25) is 0 Å². The molecule has 56 valence electrons. The van der Waals surface area contributed by atoms with Crippen molar-refractivity contribution in [2.45, 2.75) is 6.42 Å². The summed E-state index contributed by atoms with van der Waals surface area (Å²) in [6, 6.07) is 0. The van der Waals surface area contributed by atoms with Crippen LogP contribution in [0.2, 0.25) is 0 Å². The Balaban J connectivity index is 2.30. The van der Waals surface area contributed by atoms with Gasteiger partial charge in [-0.25, -0.2) is 9.13 Å². The number of allylic oxidation sites excluding steroid dienone is 4. The molecular formula is C9H11N2+. The van der Waals surface area contributed by atoms with Crippen LogP contribution in [0.5, 0.6) is 0 Å². The Labute approximate surface area is 66.1 Å². The van der Waals surface area contributed by atoms with E-state index in [9.17, 15) is 0 Å². The summed E-state index contributed by atoms with van der Waals surface area (Å²) in [5.74, 6) is 0. The lowest BCUT2D eigenvalue weighted by atomic mass is 10.4.